The molecule has 0 saturated heterocycles. The Morgan fingerprint density at radius 1 is 0.960 bits per heavy atom. The van der Waals surface area contributed by atoms with E-state index in [1.807, 2.05) is 38.1 Å². The molecule has 0 unspecified atom stereocenters. The van der Waals surface area contributed by atoms with E-state index in [0.717, 1.165) is 22.4 Å². The fraction of sp³-hybridized carbons (Fsp3) is 0.211. The highest BCUT2D eigenvalue weighted by atomic mass is 16.5. The van der Waals surface area contributed by atoms with Crippen LogP contribution >= 0.6 is 0 Å². The van der Waals surface area contributed by atoms with Crippen LogP contribution in [0.25, 0.3) is 0 Å². The Hall–Kier alpha value is -3.15. The Morgan fingerprint density at radius 3 is 2.24 bits per heavy atom. The molecule has 25 heavy (non-hydrogen) atoms. The van der Waals surface area contributed by atoms with Crippen molar-refractivity contribution < 1.29 is 14.3 Å². The van der Waals surface area contributed by atoms with Gasteiger partial charge in [0.1, 0.15) is 5.75 Å². The Morgan fingerprint density at radius 2 is 1.64 bits per heavy atom. The summed E-state index contributed by atoms with van der Waals surface area (Å²) in [4.78, 5) is 23.8. The van der Waals surface area contributed by atoms with Crippen molar-refractivity contribution >= 4 is 23.2 Å². The van der Waals surface area contributed by atoms with Gasteiger partial charge in [-0.05, 0) is 73.9 Å². The van der Waals surface area contributed by atoms with E-state index in [2.05, 4.69) is 15.8 Å². The van der Waals surface area contributed by atoms with Crippen LogP contribution in [0.2, 0.25) is 0 Å². The van der Waals surface area contributed by atoms with Gasteiger partial charge in [0.2, 0.25) is 0 Å². The molecule has 0 aromatic heterocycles. The zero-order valence-corrected chi connectivity index (χ0v) is 14.7. The number of hydrogen-bond donors (Lipinski definition) is 2. The van der Waals surface area contributed by atoms with Gasteiger partial charge in [0.25, 0.3) is 0 Å². The molecule has 0 spiro atoms. The standard InChI is InChI=1S/C19H21N3O3/c1-12-5-8-16(11-13(12)2)20-18(23)19(24)22-21-14(3)15-6-9-17(25-4)10-7-15/h5-11H,1-4H3,(H,20,23)(H,22,24)/b21-14+. The molecular formula is C19H21N3O3. The minimum Gasteiger partial charge on any atom is -0.497 e. The molecule has 0 bridgehead atoms. The molecule has 0 aliphatic carbocycles. The quantitative estimate of drug-likeness (QED) is 0.511. The number of hydrazone groups is 1. The number of amides is 2. The van der Waals surface area contributed by atoms with Gasteiger partial charge in [0, 0.05) is 5.69 Å². The Labute approximate surface area is 146 Å². The molecule has 0 aliphatic rings. The first-order valence-corrected chi connectivity index (χ1v) is 7.78. The van der Waals surface area contributed by atoms with E-state index in [0.29, 0.717) is 11.4 Å². The third kappa shape index (κ3) is 4.91. The lowest BCUT2D eigenvalue weighted by molar-refractivity contribution is -0.136. The van der Waals surface area contributed by atoms with Gasteiger partial charge >= 0.3 is 11.8 Å². The number of carbonyl (C=O) groups is 2. The zero-order valence-electron chi connectivity index (χ0n) is 14.7. The fourth-order valence-electron chi connectivity index (χ4n) is 2.09. The van der Waals surface area contributed by atoms with Crippen molar-refractivity contribution in [2.75, 3.05) is 12.4 Å². The number of benzene rings is 2. The Bertz CT molecular complexity index is 811. The van der Waals surface area contributed by atoms with Crippen LogP contribution in [0.1, 0.15) is 23.6 Å². The van der Waals surface area contributed by atoms with Crippen molar-refractivity contribution in [3.63, 3.8) is 0 Å². The van der Waals surface area contributed by atoms with Gasteiger partial charge in [-0.2, -0.15) is 5.10 Å². The summed E-state index contributed by atoms with van der Waals surface area (Å²) >= 11 is 0. The van der Waals surface area contributed by atoms with E-state index in [1.165, 1.54) is 0 Å². The molecule has 2 N–H and O–H groups in total. The molecule has 2 aromatic carbocycles. The Balaban J connectivity index is 1.97. The Kier molecular flexibility index (Phi) is 5.89. The average molecular weight is 339 g/mol. The molecule has 0 aliphatic heterocycles. The van der Waals surface area contributed by atoms with E-state index >= 15 is 0 Å². The molecule has 6 nitrogen and oxygen atoms in total. The monoisotopic (exact) mass is 339 g/mol. The largest absolute Gasteiger partial charge is 0.497 e. The summed E-state index contributed by atoms with van der Waals surface area (Å²) in [7, 11) is 1.59. The normalized spacial score (nSPS) is 11.0. The average Bonchev–Trinajstić information content (AvgIpc) is 2.62. The molecule has 0 saturated carbocycles. The maximum absolute atomic E-state index is 11.9. The summed E-state index contributed by atoms with van der Waals surface area (Å²) in [5.74, 6) is -0.867. The van der Waals surface area contributed by atoms with E-state index in [9.17, 15) is 9.59 Å². The number of nitrogens with zero attached hydrogens (tertiary/aromatic N) is 1. The highest BCUT2D eigenvalue weighted by Gasteiger charge is 2.13. The van der Waals surface area contributed by atoms with E-state index in [-0.39, 0.29) is 0 Å². The number of aryl methyl sites for hydroxylation is 2. The number of hydrogen-bond acceptors (Lipinski definition) is 4. The lowest BCUT2D eigenvalue weighted by Gasteiger charge is -2.07. The minimum atomic E-state index is -0.828. The summed E-state index contributed by atoms with van der Waals surface area (Å²) in [6.45, 7) is 5.65. The fourth-order valence-corrected chi connectivity index (χ4v) is 2.09. The minimum absolute atomic E-state index is 0.569. The number of ether oxygens (including phenoxy) is 1. The molecule has 2 amide bonds. The van der Waals surface area contributed by atoms with Crippen molar-refractivity contribution in [2.24, 2.45) is 5.10 Å². The number of nitrogens with one attached hydrogen (secondary N) is 2. The molecule has 2 aromatic rings. The van der Waals surface area contributed by atoms with Gasteiger partial charge in [-0.15, -0.1) is 0 Å². The number of rotatable bonds is 4. The second-order valence-electron chi connectivity index (χ2n) is 5.62. The van der Waals surface area contributed by atoms with Gasteiger partial charge in [0.15, 0.2) is 0 Å². The molecule has 130 valence electrons. The first kappa shape index (κ1) is 18.2. The van der Waals surface area contributed by atoms with Gasteiger partial charge in [0.05, 0.1) is 12.8 Å². The molecule has 6 heteroatoms. The lowest BCUT2D eigenvalue weighted by Crippen LogP contribution is -2.33. The van der Waals surface area contributed by atoms with Crippen LogP contribution in [0.4, 0.5) is 5.69 Å². The summed E-state index contributed by atoms with van der Waals surface area (Å²) in [5, 5.41) is 6.51. The highest BCUT2D eigenvalue weighted by Crippen LogP contribution is 2.14. The maximum atomic E-state index is 11.9. The molecule has 2 rings (SSSR count). The first-order chi connectivity index (χ1) is 11.9. The summed E-state index contributed by atoms with van der Waals surface area (Å²) < 4.78 is 5.09. The summed E-state index contributed by atoms with van der Waals surface area (Å²) in [5.41, 5.74) is 6.37. The van der Waals surface area contributed by atoms with Gasteiger partial charge in [-0.1, -0.05) is 6.07 Å². The summed E-state index contributed by atoms with van der Waals surface area (Å²) in [6, 6.07) is 12.7. The SMILES string of the molecule is COc1ccc(/C(C)=N/NC(=O)C(=O)Nc2ccc(C)c(C)c2)cc1. The molecule has 0 atom stereocenters. The van der Waals surface area contributed by atoms with Crippen LogP contribution in [0.15, 0.2) is 47.6 Å². The molecule has 0 heterocycles. The smallest absolute Gasteiger partial charge is 0.329 e. The van der Waals surface area contributed by atoms with Gasteiger partial charge < -0.3 is 10.1 Å². The number of methoxy groups -OCH3 is 1. The van der Waals surface area contributed by atoms with Gasteiger partial charge in [-0.3, -0.25) is 9.59 Å². The number of carbonyl (C=O) groups excluding carboxylic acids is 2. The van der Waals surface area contributed by atoms with E-state index < -0.39 is 11.8 Å². The van der Waals surface area contributed by atoms with Crippen LogP contribution in [-0.2, 0) is 9.59 Å². The zero-order chi connectivity index (χ0) is 18.4. The van der Waals surface area contributed by atoms with Crippen LogP contribution in [-0.4, -0.2) is 24.6 Å². The van der Waals surface area contributed by atoms with Crippen LogP contribution in [0.3, 0.4) is 0 Å². The van der Waals surface area contributed by atoms with Gasteiger partial charge in [-0.25, -0.2) is 5.43 Å². The van der Waals surface area contributed by atoms with Crippen molar-refractivity contribution in [3.05, 3.63) is 59.2 Å². The van der Waals surface area contributed by atoms with Crippen LogP contribution < -0.4 is 15.5 Å². The van der Waals surface area contributed by atoms with Crippen molar-refractivity contribution in [3.8, 4) is 5.75 Å². The van der Waals surface area contributed by atoms with E-state index in [4.69, 9.17) is 4.74 Å². The van der Waals surface area contributed by atoms with Crippen LogP contribution in [0, 0.1) is 13.8 Å². The lowest BCUT2D eigenvalue weighted by atomic mass is 10.1. The highest BCUT2D eigenvalue weighted by molar-refractivity contribution is 6.39. The molecular weight excluding hydrogens is 318 g/mol. The second kappa shape index (κ2) is 8.10. The summed E-state index contributed by atoms with van der Waals surface area (Å²) in [6.07, 6.45) is 0. The third-order valence-corrected chi connectivity index (χ3v) is 3.80. The second-order valence-corrected chi connectivity index (χ2v) is 5.62. The third-order valence-electron chi connectivity index (χ3n) is 3.80. The molecule has 0 fully saturated rings. The van der Waals surface area contributed by atoms with E-state index in [1.54, 1.807) is 32.2 Å². The maximum Gasteiger partial charge on any atom is 0.329 e. The van der Waals surface area contributed by atoms with Crippen molar-refractivity contribution in [1.82, 2.24) is 5.43 Å². The van der Waals surface area contributed by atoms with Crippen LogP contribution in [0.5, 0.6) is 5.75 Å². The number of anilines is 1. The van der Waals surface area contributed by atoms with Crippen molar-refractivity contribution in [1.29, 1.82) is 0 Å². The molecule has 0 radical (unpaired) electrons. The predicted molar refractivity (Wildman–Crippen MR) is 97.9 cm³/mol. The van der Waals surface area contributed by atoms with Crippen molar-refractivity contribution in [2.45, 2.75) is 20.8 Å². The topological polar surface area (TPSA) is 79.8 Å². The first-order valence-electron chi connectivity index (χ1n) is 7.78. The predicted octanol–water partition coefficient (Wildman–Crippen LogP) is 2.79.